The molecule has 0 N–H and O–H groups in total. The predicted molar refractivity (Wildman–Crippen MR) is 147 cm³/mol. The predicted octanol–water partition coefficient (Wildman–Crippen LogP) is -0.0610. The summed E-state index contributed by atoms with van der Waals surface area (Å²) in [6, 6.07) is 31.1. The Balaban J connectivity index is 0.00000112. The third kappa shape index (κ3) is 3.72. The van der Waals surface area contributed by atoms with E-state index in [2.05, 4.69) is 103 Å². The maximum atomic E-state index is 6.22. The topological polar surface area (TPSA) is 18.5 Å². The Bertz CT molecular complexity index is 1590. The van der Waals surface area contributed by atoms with E-state index in [4.69, 9.17) is 9.47 Å². The first-order chi connectivity index (χ1) is 17.3. The summed E-state index contributed by atoms with van der Waals surface area (Å²) in [7, 11) is 1.11. The van der Waals surface area contributed by atoms with Gasteiger partial charge in [0.2, 0.25) is 0 Å². The molecule has 0 saturated heterocycles. The first-order valence-electron chi connectivity index (χ1n) is 12.1. The molecule has 2 bridgehead atoms. The van der Waals surface area contributed by atoms with Crippen molar-refractivity contribution in [3.63, 3.8) is 0 Å². The van der Waals surface area contributed by atoms with Gasteiger partial charge in [0.05, 0.1) is 25.7 Å². The number of hydrogen-bond acceptors (Lipinski definition) is 2. The number of halogens is 2. The molecule has 0 fully saturated rings. The molecule has 1 aliphatic carbocycles. The molecule has 0 atom stereocenters. The number of methoxy groups -OCH3 is 2. The van der Waals surface area contributed by atoms with Crippen molar-refractivity contribution in [2.75, 3.05) is 14.2 Å². The van der Waals surface area contributed by atoms with E-state index in [1.54, 1.807) is 7.11 Å². The van der Waals surface area contributed by atoms with E-state index in [1.165, 1.54) is 53.8 Å². The largest absolute Gasteiger partial charge is 3.00 e. The third-order valence-corrected chi connectivity index (χ3v) is 12.7. The second kappa shape index (κ2) is 10.9. The second-order valence-corrected chi connectivity index (χ2v) is 13.0. The van der Waals surface area contributed by atoms with Crippen molar-refractivity contribution in [1.82, 2.24) is 0 Å². The summed E-state index contributed by atoms with van der Waals surface area (Å²) in [5, 5.41) is 8.14. The molecule has 4 aromatic rings. The van der Waals surface area contributed by atoms with Crippen LogP contribution in [0.25, 0.3) is 21.5 Å². The fraction of sp³-hybridized carbons (Fsp3) is 0.0938. The van der Waals surface area contributed by atoms with Gasteiger partial charge in [0, 0.05) is 0 Å². The van der Waals surface area contributed by atoms with Crippen LogP contribution in [-0.4, -0.2) is 22.3 Å². The molecule has 3 aliphatic rings. The average molecular weight is 632 g/mol. The van der Waals surface area contributed by atoms with Gasteiger partial charge in [0.15, 0.2) is 0 Å². The van der Waals surface area contributed by atoms with Crippen molar-refractivity contribution < 1.29 is 60.5 Å². The van der Waals surface area contributed by atoms with E-state index in [0.717, 1.165) is 17.9 Å². The fourth-order valence-corrected chi connectivity index (χ4v) is 11.7. The smallest absolute Gasteiger partial charge is 1.00 e. The van der Waals surface area contributed by atoms with Gasteiger partial charge in [-0.2, -0.15) is 0 Å². The summed E-state index contributed by atoms with van der Waals surface area (Å²) in [6.07, 6.45) is 7.69. The van der Waals surface area contributed by atoms with Gasteiger partial charge in [-0.3, -0.25) is 0 Å². The number of rotatable bonds is 5. The standard InChI is InChI=1S/C32H25O2Si.2ClH.Zr/c1-33-23-17-18-26-22(19-23)20-27-29(26)28(21-11-9-10-12-21)32-30(34-2)31(27)35(32,24-13-5-3-6-14-24)25-15-7-4-8-16-25;;;/h3-11,13-20H,12H2,1-2H3;2*1H;/q-1;;;+3/p-2. The molecule has 0 unspecified atom stereocenters. The van der Waals surface area contributed by atoms with E-state index < -0.39 is 8.07 Å². The maximum Gasteiger partial charge on any atom is 3.00 e. The zero-order valence-electron chi connectivity index (χ0n) is 21.1. The van der Waals surface area contributed by atoms with Crippen LogP contribution in [0.5, 0.6) is 5.75 Å². The Kier molecular flexibility index (Phi) is 8.21. The number of ether oxygens (including phenoxy) is 2. The minimum absolute atomic E-state index is 0. The van der Waals surface area contributed by atoms with Crippen molar-refractivity contribution in [3.8, 4) is 5.75 Å². The van der Waals surface area contributed by atoms with Gasteiger partial charge < -0.3 is 34.3 Å². The Morgan fingerprint density at radius 3 is 2.00 bits per heavy atom. The molecule has 0 spiro atoms. The Morgan fingerprint density at radius 1 is 0.789 bits per heavy atom. The van der Waals surface area contributed by atoms with Crippen molar-refractivity contribution in [3.05, 3.63) is 131 Å². The second-order valence-electron chi connectivity index (χ2n) is 9.35. The summed E-state index contributed by atoms with van der Waals surface area (Å²) in [6.45, 7) is 0. The summed E-state index contributed by atoms with van der Waals surface area (Å²) in [5.74, 6) is 1.96. The fourth-order valence-electron chi connectivity index (χ4n) is 6.41. The zero-order valence-corrected chi connectivity index (χ0v) is 26.1. The van der Waals surface area contributed by atoms with Crippen molar-refractivity contribution in [1.29, 1.82) is 0 Å². The average Bonchev–Trinajstić information content (AvgIpc) is 3.57. The Hall–Kier alpha value is -2.49. The number of fused-ring (bicyclic) bond motifs is 6. The molecule has 2 nitrogen and oxygen atoms in total. The molecule has 7 rings (SSSR count). The first-order valence-corrected chi connectivity index (χ1v) is 14.1. The van der Waals surface area contributed by atoms with E-state index in [0.29, 0.717) is 0 Å². The molecule has 1 radical (unpaired) electrons. The molecular weight excluding hydrogens is 607 g/mol. The van der Waals surface area contributed by atoms with Crippen LogP contribution in [0.15, 0.2) is 120 Å². The molecule has 6 heteroatoms. The van der Waals surface area contributed by atoms with Crippen molar-refractivity contribution >= 4 is 40.0 Å². The molecule has 187 valence electrons. The summed E-state index contributed by atoms with van der Waals surface area (Å²) < 4.78 is 11.8. The number of hydrogen-bond donors (Lipinski definition) is 0. The third-order valence-electron chi connectivity index (χ3n) is 7.78. The van der Waals surface area contributed by atoms with Crippen LogP contribution < -0.4 is 39.9 Å². The van der Waals surface area contributed by atoms with Gasteiger partial charge in [-0.1, -0.05) is 112 Å². The van der Waals surface area contributed by atoms with Gasteiger partial charge in [-0.15, -0.1) is 28.0 Å². The van der Waals surface area contributed by atoms with Gasteiger partial charge in [-0.25, -0.2) is 0 Å². The van der Waals surface area contributed by atoms with Gasteiger partial charge in [-0.05, 0) is 23.3 Å². The molecule has 0 amide bonds. The van der Waals surface area contributed by atoms with Crippen molar-refractivity contribution in [2.45, 2.75) is 6.42 Å². The normalized spacial score (nSPS) is 16.0. The molecule has 4 aromatic carbocycles. The van der Waals surface area contributed by atoms with Gasteiger partial charge in [0.25, 0.3) is 0 Å². The maximum absolute atomic E-state index is 6.22. The Morgan fingerprint density at radius 2 is 1.45 bits per heavy atom. The summed E-state index contributed by atoms with van der Waals surface area (Å²) >= 11 is 0. The van der Waals surface area contributed by atoms with Gasteiger partial charge in [0.1, 0.15) is 8.07 Å². The SMILES string of the molecule is COC1=C2c3[cH-]c4cc(OC)ccc4c3C(C3=CC=CC3)=C1[Si]2(c1ccccc1)c1ccccc1.[Cl-].[Cl-].[Zr+3]. The van der Waals surface area contributed by atoms with E-state index >= 15 is 0 Å². The quantitative estimate of drug-likeness (QED) is 0.227. The van der Waals surface area contributed by atoms with Gasteiger partial charge >= 0.3 is 26.2 Å². The molecule has 2 aliphatic heterocycles. The molecule has 2 heterocycles. The number of benzene rings is 3. The van der Waals surface area contributed by atoms with Crippen LogP contribution in [0.1, 0.15) is 17.5 Å². The van der Waals surface area contributed by atoms with Crippen LogP contribution in [0.3, 0.4) is 0 Å². The van der Waals surface area contributed by atoms with Crippen LogP contribution in [0, 0.1) is 0 Å². The van der Waals surface area contributed by atoms with Crippen molar-refractivity contribution in [2.24, 2.45) is 0 Å². The first kappa shape index (κ1) is 28.5. The van der Waals surface area contributed by atoms with Crippen LogP contribution in [0.4, 0.5) is 0 Å². The summed E-state index contributed by atoms with van der Waals surface area (Å²) in [4.78, 5) is 0. The van der Waals surface area contributed by atoms with E-state index in [1.807, 2.05) is 7.11 Å². The summed E-state index contributed by atoms with van der Waals surface area (Å²) in [5.41, 5.74) is 5.43. The number of allylic oxidation sites excluding steroid dienone is 6. The van der Waals surface area contributed by atoms with Crippen LogP contribution in [0.2, 0.25) is 0 Å². The zero-order chi connectivity index (χ0) is 23.6. The monoisotopic (exact) mass is 629 g/mol. The van der Waals surface area contributed by atoms with E-state index in [9.17, 15) is 0 Å². The van der Waals surface area contributed by atoms with Crippen LogP contribution >= 0.6 is 0 Å². The molecule has 0 aromatic heterocycles. The minimum atomic E-state index is -2.46. The molecule has 38 heavy (non-hydrogen) atoms. The molecular formula is C32H25Cl2O2SiZr. The van der Waals surface area contributed by atoms with E-state index in [-0.39, 0.29) is 51.0 Å². The van der Waals surface area contributed by atoms with Crippen LogP contribution in [-0.2, 0) is 30.9 Å². The minimum Gasteiger partial charge on any atom is -1.00 e. The Labute approximate surface area is 256 Å². The molecule has 0 saturated carbocycles.